The summed E-state index contributed by atoms with van der Waals surface area (Å²) in [5, 5.41) is 3.24. The summed E-state index contributed by atoms with van der Waals surface area (Å²) >= 11 is 0. The van der Waals surface area contributed by atoms with Crippen LogP contribution in [0.15, 0.2) is 24.3 Å². The van der Waals surface area contributed by atoms with Crippen LogP contribution in [0.4, 0.5) is 4.39 Å². The first-order chi connectivity index (χ1) is 8.22. The van der Waals surface area contributed by atoms with Gasteiger partial charge in [-0.25, -0.2) is 4.39 Å². The molecule has 0 spiro atoms. The molecule has 0 aromatic heterocycles. The van der Waals surface area contributed by atoms with Crippen molar-refractivity contribution in [2.24, 2.45) is 5.92 Å². The van der Waals surface area contributed by atoms with Gasteiger partial charge in [0.2, 0.25) is 0 Å². The molecule has 1 aromatic rings. The summed E-state index contributed by atoms with van der Waals surface area (Å²) in [4.78, 5) is 11.5. The second-order valence-electron chi connectivity index (χ2n) is 4.27. The van der Waals surface area contributed by atoms with E-state index in [1.807, 2.05) is 6.07 Å². The molecule has 1 fully saturated rings. The highest BCUT2D eigenvalue weighted by molar-refractivity contribution is 5.72. The number of benzene rings is 1. The van der Waals surface area contributed by atoms with Crippen LogP contribution in [0.5, 0.6) is 0 Å². The minimum absolute atomic E-state index is 0.103. The minimum Gasteiger partial charge on any atom is -0.469 e. The van der Waals surface area contributed by atoms with Crippen molar-refractivity contribution in [3.05, 3.63) is 35.6 Å². The molecular formula is C13H16FNO2. The van der Waals surface area contributed by atoms with Crippen LogP contribution in [-0.2, 0) is 9.53 Å². The molecule has 4 heteroatoms. The van der Waals surface area contributed by atoms with E-state index in [1.54, 1.807) is 12.1 Å². The first-order valence-corrected chi connectivity index (χ1v) is 5.78. The number of hydrogen-bond acceptors (Lipinski definition) is 3. The van der Waals surface area contributed by atoms with E-state index in [2.05, 4.69) is 5.32 Å². The summed E-state index contributed by atoms with van der Waals surface area (Å²) in [7, 11) is 1.39. The van der Waals surface area contributed by atoms with Crippen LogP contribution in [0.1, 0.15) is 24.4 Å². The average molecular weight is 237 g/mol. The normalized spacial score (nSPS) is 24.4. The SMILES string of the molecule is COC(=O)[C@@H]1CCN[C@H](c2ccccc2F)C1. The fraction of sp³-hybridized carbons (Fsp3) is 0.462. The molecule has 1 aromatic carbocycles. The van der Waals surface area contributed by atoms with E-state index < -0.39 is 0 Å². The highest BCUT2D eigenvalue weighted by Gasteiger charge is 2.29. The van der Waals surface area contributed by atoms with Gasteiger partial charge >= 0.3 is 5.97 Å². The summed E-state index contributed by atoms with van der Waals surface area (Å²) in [6.45, 7) is 0.707. The average Bonchev–Trinajstić information content (AvgIpc) is 2.38. The van der Waals surface area contributed by atoms with E-state index in [1.165, 1.54) is 13.2 Å². The molecule has 0 bridgehead atoms. The van der Waals surface area contributed by atoms with Gasteiger partial charge in [-0.2, -0.15) is 0 Å². The molecule has 1 heterocycles. The van der Waals surface area contributed by atoms with Crippen LogP contribution in [-0.4, -0.2) is 19.6 Å². The fourth-order valence-electron chi connectivity index (χ4n) is 2.29. The van der Waals surface area contributed by atoms with Gasteiger partial charge < -0.3 is 10.1 Å². The lowest BCUT2D eigenvalue weighted by atomic mass is 9.88. The van der Waals surface area contributed by atoms with E-state index in [9.17, 15) is 9.18 Å². The third-order valence-corrected chi connectivity index (χ3v) is 3.22. The Balaban J connectivity index is 2.12. The van der Waals surface area contributed by atoms with Crippen molar-refractivity contribution in [3.8, 4) is 0 Å². The molecule has 92 valence electrons. The Kier molecular flexibility index (Phi) is 3.74. The highest BCUT2D eigenvalue weighted by Crippen LogP contribution is 2.29. The van der Waals surface area contributed by atoms with Crippen LogP contribution in [0.25, 0.3) is 0 Å². The number of esters is 1. The standard InChI is InChI=1S/C13H16FNO2/c1-17-13(16)9-6-7-15-12(8-9)10-4-2-3-5-11(10)14/h2-5,9,12,15H,6-8H2,1H3/t9-,12+/m1/s1. The van der Waals surface area contributed by atoms with E-state index in [0.717, 1.165) is 6.42 Å². The Morgan fingerprint density at radius 1 is 1.47 bits per heavy atom. The van der Waals surface area contributed by atoms with Gasteiger partial charge in [0, 0.05) is 11.6 Å². The third-order valence-electron chi connectivity index (χ3n) is 3.22. The number of rotatable bonds is 2. The number of nitrogens with one attached hydrogen (secondary N) is 1. The van der Waals surface area contributed by atoms with E-state index in [-0.39, 0.29) is 23.7 Å². The Labute approximate surface area is 100.0 Å². The monoisotopic (exact) mass is 237 g/mol. The van der Waals surface area contributed by atoms with Gasteiger partial charge in [-0.05, 0) is 25.5 Å². The molecule has 1 saturated heterocycles. The van der Waals surface area contributed by atoms with Crippen molar-refractivity contribution in [2.75, 3.05) is 13.7 Å². The van der Waals surface area contributed by atoms with Crippen LogP contribution in [0, 0.1) is 11.7 Å². The second-order valence-corrected chi connectivity index (χ2v) is 4.27. The summed E-state index contributed by atoms with van der Waals surface area (Å²) in [5.74, 6) is -0.561. The third kappa shape index (κ3) is 2.64. The van der Waals surface area contributed by atoms with Gasteiger partial charge in [0.25, 0.3) is 0 Å². The Hall–Kier alpha value is -1.42. The van der Waals surface area contributed by atoms with Gasteiger partial charge in [-0.15, -0.1) is 0 Å². The summed E-state index contributed by atoms with van der Waals surface area (Å²) in [6, 6.07) is 6.57. The molecular weight excluding hydrogens is 221 g/mol. The Morgan fingerprint density at radius 2 is 2.24 bits per heavy atom. The molecule has 0 radical (unpaired) electrons. The molecule has 0 unspecified atom stereocenters. The molecule has 3 nitrogen and oxygen atoms in total. The van der Waals surface area contributed by atoms with Gasteiger partial charge in [0.15, 0.2) is 0 Å². The van der Waals surface area contributed by atoms with E-state index in [4.69, 9.17) is 4.74 Å². The van der Waals surface area contributed by atoms with Crippen LogP contribution in [0.2, 0.25) is 0 Å². The fourth-order valence-corrected chi connectivity index (χ4v) is 2.29. The summed E-state index contributed by atoms with van der Waals surface area (Å²) < 4.78 is 18.4. The molecule has 1 N–H and O–H groups in total. The predicted molar refractivity (Wildman–Crippen MR) is 61.9 cm³/mol. The maximum absolute atomic E-state index is 13.6. The lowest BCUT2D eigenvalue weighted by Gasteiger charge is -2.29. The lowest BCUT2D eigenvalue weighted by Crippen LogP contribution is -2.35. The molecule has 0 aliphatic carbocycles. The molecule has 0 saturated carbocycles. The first-order valence-electron chi connectivity index (χ1n) is 5.78. The van der Waals surface area contributed by atoms with Crippen LogP contribution in [0.3, 0.4) is 0 Å². The molecule has 2 rings (SSSR count). The van der Waals surface area contributed by atoms with Gasteiger partial charge in [0.1, 0.15) is 5.82 Å². The summed E-state index contributed by atoms with van der Waals surface area (Å²) in [5.41, 5.74) is 0.626. The molecule has 2 atom stereocenters. The Bertz CT molecular complexity index is 408. The Morgan fingerprint density at radius 3 is 2.94 bits per heavy atom. The van der Waals surface area contributed by atoms with Gasteiger partial charge in [-0.3, -0.25) is 4.79 Å². The number of carbonyl (C=O) groups excluding carboxylic acids is 1. The van der Waals surface area contributed by atoms with Crippen LogP contribution >= 0.6 is 0 Å². The van der Waals surface area contributed by atoms with Crippen molar-refractivity contribution in [2.45, 2.75) is 18.9 Å². The minimum atomic E-state index is -0.226. The lowest BCUT2D eigenvalue weighted by molar-refractivity contribution is -0.146. The van der Waals surface area contributed by atoms with Crippen molar-refractivity contribution >= 4 is 5.97 Å². The predicted octanol–water partition coefficient (Wildman–Crippen LogP) is 2.04. The zero-order valence-electron chi connectivity index (χ0n) is 9.78. The molecule has 1 aliphatic rings. The number of halogens is 1. The van der Waals surface area contributed by atoms with E-state index >= 15 is 0 Å². The van der Waals surface area contributed by atoms with E-state index in [0.29, 0.717) is 18.5 Å². The molecule has 17 heavy (non-hydrogen) atoms. The first kappa shape index (κ1) is 12.0. The van der Waals surface area contributed by atoms with Gasteiger partial charge in [0.05, 0.1) is 13.0 Å². The topological polar surface area (TPSA) is 38.3 Å². The zero-order chi connectivity index (χ0) is 12.3. The smallest absolute Gasteiger partial charge is 0.308 e. The largest absolute Gasteiger partial charge is 0.469 e. The number of methoxy groups -OCH3 is 1. The number of carbonyl (C=O) groups is 1. The van der Waals surface area contributed by atoms with Crippen molar-refractivity contribution < 1.29 is 13.9 Å². The van der Waals surface area contributed by atoms with Crippen LogP contribution < -0.4 is 5.32 Å². The maximum Gasteiger partial charge on any atom is 0.308 e. The number of hydrogen-bond donors (Lipinski definition) is 1. The molecule has 1 aliphatic heterocycles. The van der Waals surface area contributed by atoms with Crippen molar-refractivity contribution in [3.63, 3.8) is 0 Å². The van der Waals surface area contributed by atoms with Crippen molar-refractivity contribution in [1.29, 1.82) is 0 Å². The number of ether oxygens (including phenoxy) is 1. The molecule has 0 amide bonds. The zero-order valence-corrected chi connectivity index (χ0v) is 9.78. The highest BCUT2D eigenvalue weighted by atomic mass is 19.1. The van der Waals surface area contributed by atoms with Crippen molar-refractivity contribution in [1.82, 2.24) is 5.32 Å². The van der Waals surface area contributed by atoms with Gasteiger partial charge in [-0.1, -0.05) is 18.2 Å². The number of piperidine rings is 1. The maximum atomic E-state index is 13.6. The second kappa shape index (κ2) is 5.27. The summed E-state index contributed by atoms with van der Waals surface area (Å²) in [6.07, 6.45) is 1.34. The quantitative estimate of drug-likeness (QED) is 0.800.